The average molecular weight is 520 g/mol. The van der Waals surface area contributed by atoms with Crippen LogP contribution in [0, 0.1) is 6.92 Å². The molecule has 8 heteroatoms. The van der Waals surface area contributed by atoms with Crippen LogP contribution in [0.1, 0.15) is 38.9 Å². The molecule has 0 spiro atoms. The maximum absolute atomic E-state index is 13.8. The third-order valence-electron chi connectivity index (χ3n) is 6.77. The molecule has 1 aliphatic heterocycles. The van der Waals surface area contributed by atoms with Gasteiger partial charge in [0.25, 0.3) is 5.91 Å². The minimum Gasteiger partial charge on any atom is -0.497 e. The minimum atomic E-state index is -0.665. The molecule has 2 heterocycles. The molecular formula is C29H26ClNO6. The maximum Gasteiger partial charge on any atom is 0.290 e. The van der Waals surface area contributed by atoms with Gasteiger partial charge in [-0.2, -0.15) is 0 Å². The Morgan fingerprint density at radius 1 is 0.919 bits per heavy atom. The molecular weight excluding hydrogens is 494 g/mol. The zero-order chi connectivity index (χ0) is 26.3. The van der Waals surface area contributed by atoms with Gasteiger partial charge in [0, 0.05) is 11.6 Å². The molecule has 1 amide bonds. The number of fused-ring (bicyclic) bond motifs is 2. The number of nitrogens with zero attached hydrogens (tertiary/aromatic N) is 1. The van der Waals surface area contributed by atoms with Crippen LogP contribution in [-0.2, 0) is 6.42 Å². The molecule has 0 bridgehead atoms. The summed E-state index contributed by atoms with van der Waals surface area (Å²) < 4.78 is 22.2. The fraction of sp³-hybridized carbons (Fsp3) is 0.241. The molecule has 1 aromatic heterocycles. The van der Waals surface area contributed by atoms with Gasteiger partial charge in [-0.25, -0.2) is 0 Å². The third kappa shape index (κ3) is 4.29. The lowest BCUT2D eigenvalue weighted by Crippen LogP contribution is -2.31. The second-order valence-electron chi connectivity index (χ2n) is 8.89. The van der Waals surface area contributed by atoms with E-state index in [1.807, 2.05) is 37.3 Å². The van der Waals surface area contributed by atoms with Gasteiger partial charge < -0.3 is 23.5 Å². The third-order valence-corrected chi connectivity index (χ3v) is 7.18. The first kappa shape index (κ1) is 24.7. The smallest absolute Gasteiger partial charge is 0.290 e. The number of amides is 1. The molecule has 0 N–H and O–H groups in total. The van der Waals surface area contributed by atoms with Crippen molar-refractivity contribution in [3.63, 3.8) is 0 Å². The fourth-order valence-electron chi connectivity index (χ4n) is 4.78. The lowest BCUT2D eigenvalue weighted by Gasteiger charge is -2.26. The van der Waals surface area contributed by atoms with Crippen molar-refractivity contribution >= 4 is 28.5 Å². The minimum absolute atomic E-state index is 0.0498. The fourth-order valence-corrected chi connectivity index (χ4v) is 4.95. The van der Waals surface area contributed by atoms with Crippen molar-refractivity contribution in [2.24, 2.45) is 0 Å². The van der Waals surface area contributed by atoms with Crippen molar-refractivity contribution in [2.75, 3.05) is 27.9 Å². The second kappa shape index (κ2) is 9.82. The van der Waals surface area contributed by atoms with Gasteiger partial charge in [-0.05, 0) is 66.4 Å². The molecule has 4 aromatic rings. The summed E-state index contributed by atoms with van der Waals surface area (Å²) in [5.41, 5.74) is 2.85. The predicted octanol–water partition coefficient (Wildman–Crippen LogP) is 5.57. The van der Waals surface area contributed by atoms with E-state index in [1.165, 1.54) is 0 Å². The van der Waals surface area contributed by atoms with Crippen LogP contribution in [0.5, 0.6) is 17.2 Å². The number of rotatable bonds is 7. The number of aryl methyl sites for hydroxylation is 1. The Morgan fingerprint density at radius 3 is 2.32 bits per heavy atom. The van der Waals surface area contributed by atoms with Crippen LogP contribution in [0.2, 0.25) is 5.02 Å². The average Bonchev–Trinajstić information content (AvgIpc) is 3.20. The van der Waals surface area contributed by atoms with Crippen LogP contribution in [-0.4, -0.2) is 38.7 Å². The van der Waals surface area contributed by atoms with E-state index in [2.05, 4.69) is 0 Å². The summed E-state index contributed by atoms with van der Waals surface area (Å²) in [7, 11) is 4.72. The topological polar surface area (TPSA) is 78.2 Å². The van der Waals surface area contributed by atoms with Crippen molar-refractivity contribution < 1.29 is 23.4 Å². The van der Waals surface area contributed by atoms with E-state index in [0.717, 1.165) is 16.9 Å². The van der Waals surface area contributed by atoms with Gasteiger partial charge in [0.2, 0.25) is 5.76 Å². The second-order valence-corrected chi connectivity index (χ2v) is 9.29. The monoisotopic (exact) mass is 519 g/mol. The molecule has 3 aromatic carbocycles. The van der Waals surface area contributed by atoms with Crippen LogP contribution in [0.25, 0.3) is 11.0 Å². The van der Waals surface area contributed by atoms with Crippen molar-refractivity contribution in [3.8, 4) is 17.2 Å². The number of ether oxygens (including phenoxy) is 3. The van der Waals surface area contributed by atoms with Crippen LogP contribution < -0.4 is 19.6 Å². The Bertz CT molecular complexity index is 1560. The number of hydrogen-bond donors (Lipinski definition) is 0. The van der Waals surface area contributed by atoms with E-state index in [0.29, 0.717) is 51.6 Å². The van der Waals surface area contributed by atoms with E-state index in [-0.39, 0.29) is 17.1 Å². The quantitative estimate of drug-likeness (QED) is 0.318. The number of hydrogen-bond acceptors (Lipinski definition) is 6. The molecule has 0 aliphatic carbocycles. The first-order valence-electron chi connectivity index (χ1n) is 11.8. The zero-order valence-corrected chi connectivity index (χ0v) is 21.7. The number of halogens is 1. The van der Waals surface area contributed by atoms with Gasteiger partial charge in [0.05, 0.1) is 38.3 Å². The van der Waals surface area contributed by atoms with E-state index >= 15 is 0 Å². The number of methoxy groups -OCH3 is 3. The molecule has 5 rings (SSSR count). The maximum atomic E-state index is 13.8. The van der Waals surface area contributed by atoms with Crippen molar-refractivity contribution in [2.45, 2.75) is 19.4 Å². The first-order chi connectivity index (χ1) is 17.9. The van der Waals surface area contributed by atoms with Gasteiger partial charge in [0.15, 0.2) is 16.9 Å². The van der Waals surface area contributed by atoms with Crippen LogP contribution in [0.15, 0.2) is 63.8 Å². The molecule has 0 saturated carbocycles. The lowest BCUT2D eigenvalue weighted by atomic mass is 9.97. The Hall–Kier alpha value is -3.97. The van der Waals surface area contributed by atoms with E-state index in [9.17, 15) is 9.59 Å². The summed E-state index contributed by atoms with van der Waals surface area (Å²) in [6, 6.07) is 15.7. The van der Waals surface area contributed by atoms with E-state index in [4.69, 9.17) is 30.2 Å². The highest BCUT2D eigenvalue weighted by Gasteiger charge is 2.42. The van der Waals surface area contributed by atoms with Crippen LogP contribution >= 0.6 is 11.6 Å². The summed E-state index contributed by atoms with van der Waals surface area (Å²) in [5, 5.41) is 0.799. The number of carbonyl (C=O) groups excluding carboxylic acids is 1. The molecule has 0 unspecified atom stereocenters. The Kier molecular flexibility index (Phi) is 6.56. The van der Waals surface area contributed by atoms with E-state index < -0.39 is 6.04 Å². The molecule has 1 atom stereocenters. The standard InChI is InChI=1S/C29H26ClNO6/c1-16-13-23-20(15-21(16)30)27(32)25-26(18-7-10-22(35-3)24(14-18)36-4)31(29(33)28(25)37-23)12-11-17-5-8-19(34-2)9-6-17/h5-10,13-15,26H,11-12H2,1-4H3/t26-/m1/s1. The highest BCUT2D eigenvalue weighted by Crippen LogP contribution is 2.41. The van der Waals surface area contributed by atoms with Gasteiger partial charge in [-0.3, -0.25) is 9.59 Å². The Morgan fingerprint density at radius 2 is 1.65 bits per heavy atom. The summed E-state index contributed by atoms with van der Waals surface area (Å²) in [6.07, 6.45) is 0.576. The molecule has 0 saturated heterocycles. The van der Waals surface area contributed by atoms with Gasteiger partial charge in [0.1, 0.15) is 11.3 Å². The zero-order valence-electron chi connectivity index (χ0n) is 21.0. The van der Waals surface area contributed by atoms with Crippen LogP contribution in [0.4, 0.5) is 0 Å². The molecule has 37 heavy (non-hydrogen) atoms. The highest BCUT2D eigenvalue weighted by atomic mass is 35.5. The molecule has 0 radical (unpaired) electrons. The van der Waals surface area contributed by atoms with Gasteiger partial charge in [-0.1, -0.05) is 29.8 Å². The summed E-state index contributed by atoms with van der Waals surface area (Å²) in [5.74, 6) is 1.52. The summed E-state index contributed by atoms with van der Waals surface area (Å²) >= 11 is 6.34. The normalized spacial score (nSPS) is 14.7. The van der Waals surface area contributed by atoms with Crippen molar-refractivity contribution in [1.82, 2.24) is 4.90 Å². The van der Waals surface area contributed by atoms with Crippen molar-refractivity contribution in [3.05, 3.63) is 97.9 Å². The lowest BCUT2D eigenvalue weighted by molar-refractivity contribution is 0.0730. The summed E-state index contributed by atoms with van der Waals surface area (Å²) in [4.78, 5) is 29.2. The van der Waals surface area contributed by atoms with Crippen molar-refractivity contribution in [1.29, 1.82) is 0 Å². The SMILES string of the molecule is COc1ccc(CCN2C(=O)c3oc4cc(C)c(Cl)cc4c(=O)c3[C@H]2c2ccc(OC)c(OC)c2)cc1. The largest absolute Gasteiger partial charge is 0.497 e. The van der Waals surface area contributed by atoms with E-state index in [1.54, 1.807) is 50.5 Å². The first-order valence-corrected chi connectivity index (χ1v) is 12.2. The number of benzene rings is 3. The number of carbonyl (C=O) groups is 1. The van der Waals surface area contributed by atoms with Crippen LogP contribution in [0.3, 0.4) is 0 Å². The molecule has 0 fully saturated rings. The molecule has 7 nitrogen and oxygen atoms in total. The Labute approximate surface area is 219 Å². The molecule has 1 aliphatic rings. The Balaban J connectivity index is 1.64. The summed E-state index contributed by atoms with van der Waals surface area (Å²) in [6.45, 7) is 2.19. The van der Waals surface area contributed by atoms with Gasteiger partial charge in [-0.15, -0.1) is 0 Å². The predicted molar refractivity (Wildman–Crippen MR) is 141 cm³/mol. The molecule has 190 valence electrons. The highest BCUT2D eigenvalue weighted by molar-refractivity contribution is 6.32. The van der Waals surface area contributed by atoms with Gasteiger partial charge >= 0.3 is 0 Å².